The summed E-state index contributed by atoms with van der Waals surface area (Å²) in [5.41, 5.74) is 2.29. The number of benzene rings is 1. The van der Waals surface area contributed by atoms with Gasteiger partial charge in [-0.15, -0.1) is 11.3 Å². The number of thiol groups is 1. The van der Waals surface area contributed by atoms with Gasteiger partial charge in [-0.1, -0.05) is 12.1 Å². The van der Waals surface area contributed by atoms with E-state index in [1.54, 1.807) is 11.3 Å². The molecule has 0 radical (unpaired) electrons. The molecule has 1 atom stereocenters. The smallest absolute Gasteiger partial charge is 0.211 e. The monoisotopic (exact) mass is 427 g/mol. The summed E-state index contributed by atoms with van der Waals surface area (Å²) in [4.78, 5) is 6.24. The van der Waals surface area contributed by atoms with Crippen molar-refractivity contribution in [3.8, 4) is 5.75 Å². The molecule has 0 aliphatic carbocycles. The van der Waals surface area contributed by atoms with Crippen molar-refractivity contribution in [2.75, 3.05) is 31.1 Å². The molecule has 8 heteroatoms. The van der Waals surface area contributed by atoms with Crippen LogP contribution in [-0.4, -0.2) is 51.3 Å². The quantitative estimate of drug-likeness (QED) is 0.404. The standard InChI is InChI=1S/C19H26N2O2S.BH4PS/c1-15(2)23-19-6-4-3-5-18(19)21-9-7-20(8-10-21)12-17-11-16(13-22)14-24-17;2-1-3/h3-6,11,14-15,22H,7-10,12-13H2,1-2H3;1,3H,2H2/i22T;1D. The zero-order valence-corrected chi connectivity index (χ0v) is 18.9. The fourth-order valence-electron chi connectivity index (χ4n) is 3.02. The van der Waals surface area contributed by atoms with Crippen LogP contribution in [0.4, 0.5) is 5.69 Å². The molecule has 1 fully saturated rings. The SMILES string of the molecule is [2H]B(P)S.[3H]OCc1csc(CN2CCN(c3ccccc3OC(C)C)CC2)c1. The second kappa shape index (κ2) is 12.0. The lowest BCUT2D eigenvalue weighted by molar-refractivity contribution is 0.236. The highest BCUT2D eigenvalue weighted by atomic mass is 32.1. The number of ether oxygens (including phenoxy) is 1. The summed E-state index contributed by atoms with van der Waals surface area (Å²) in [7, 11) is 2.19. The third-order valence-corrected chi connectivity index (χ3v) is 5.17. The third kappa shape index (κ3) is 7.32. The van der Waals surface area contributed by atoms with Crippen LogP contribution in [0.15, 0.2) is 35.7 Å². The minimum absolute atomic E-state index is 0.183. The summed E-state index contributed by atoms with van der Waals surface area (Å²) in [5.74, 6) is 0.976. The second-order valence-electron chi connectivity index (χ2n) is 6.61. The van der Waals surface area contributed by atoms with E-state index in [2.05, 4.69) is 80.0 Å². The summed E-state index contributed by atoms with van der Waals surface area (Å²) < 4.78 is 19.2. The van der Waals surface area contributed by atoms with E-state index >= 15 is 0 Å². The van der Waals surface area contributed by atoms with Crippen LogP contribution < -0.4 is 9.64 Å². The highest BCUT2D eigenvalue weighted by Gasteiger charge is 2.20. The molecule has 4 nitrogen and oxygen atoms in total. The topological polar surface area (TPSA) is 35.9 Å². The van der Waals surface area contributed by atoms with E-state index in [9.17, 15) is 0 Å². The Morgan fingerprint density at radius 3 is 2.78 bits per heavy atom. The average molecular weight is 427 g/mol. The van der Waals surface area contributed by atoms with Gasteiger partial charge in [0.2, 0.25) is 7.67 Å². The lowest BCUT2D eigenvalue weighted by atomic mass is 10.2. The van der Waals surface area contributed by atoms with Crippen molar-refractivity contribution >= 4 is 44.9 Å². The molecule has 1 unspecified atom stereocenters. The van der Waals surface area contributed by atoms with Gasteiger partial charge in [0, 0.05) is 37.6 Å². The Balaban J connectivity index is 0.000000687. The van der Waals surface area contributed by atoms with Crippen molar-refractivity contribution < 1.29 is 9.85 Å². The maximum Gasteiger partial charge on any atom is 0.211 e. The van der Waals surface area contributed by atoms with Crippen molar-refractivity contribution in [1.29, 1.82) is 2.77 Å². The van der Waals surface area contributed by atoms with E-state index in [1.807, 2.05) is 6.07 Å². The van der Waals surface area contributed by atoms with Gasteiger partial charge >= 0.3 is 0 Å². The number of rotatable bonds is 7. The molecule has 2 aromatic rings. The Bertz CT molecular complexity index is 729. The Morgan fingerprint density at radius 1 is 1.41 bits per heavy atom. The van der Waals surface area contributed by atoms with Gasteiger partial charge in [-0.05, 0) is 44.3 Å². The predicted octanol–water partition coefficient (Wildman–Crippen LogP) is 3.41. The van der Waals surface area contributed by atoms with Gasteiger partial charge in [0.25, 0.3) is 0 Å². The highest BCUT2D eigenvalue weighted by Crippen LogP contribution is 2.30. The molecular weight excluding hydrogens is 394 g/mol. The molecule has 148 valence electrons. The maximum atomic E-state index is 6.84. The van der Waals surface area contributed by atoms with Gasteiger partial charge in [-0.2, -0.15) is 9.12 Å². The van der Waals surface area contributed by atoms with Crippen molar-refractivity contribution in [3.05, 3.63) is 46.2 Å². The fourth-order valence-corrected chi connectivity index (χ4v) is 3.94. The Labute approximate surface area is 178 Å². The van der Waals surface area contributed by atoms with Crippen molar-refractivity contribution in [1.82, 2.24) is 4.90 Å². The Kier molecular flexibility index (Phi) is 8.69. The van der Waals surface area contributed by atoms with Gasteiger partial charge in [0.1, 0.15) is 5.75 Å². The van der Waals surface area contributed by atoms with E-state index in [4.69, 9.17) is 7.50 Å². The average Bonchev–Trinajstić information content (AvgIpc) is 3.09. The third-order valence-electron chi connectivity index (χ3n) is 4.20. The van der Waals surface area contributed by atoms with E-state index in [0.29, 0.717) is 6.61 Å². The second-order valence-corrected chi connectivity index (χ2v) is 8.80. The molecule has 1 aliphatic heterocycles. The van der Waals surface area contributed by atoms with Crippen molar-refractivity contribution in [2.24, 2.45) is 0 Å². The van der Waals surface area contributed by atoms with Crippen LogP contribution in [0.2, 0.25) is 0 Å². The zero-order valence-electron chi connectivity index (χ0n) is 18.0. The Hall–Kier alpha value is -0.715. The molecule has 0 bridgehead atoms. The summed E-state index contributed by atoms with van der Waals surface area (Å²) in [6, 6.07) is 10.5. The summed E-state index contributed by atoms with van der Waals surface area (Å²) in [6.07, 6.45) is -0.122. The van der Waals surface area contributed by atoms with Crippen molar-refractivity contribution in [2.45, 2.75) is 33.1 Å². The molecule has 0 spiro atoms. The largest absolute Gasteiger partial charge is 0.489 e. The van der Waals surface area contributed by atoms with Crippen LogP contribution in [0, 0.1) is 0 Å². The molecule has 27 heavy (non-hydrogen) atoms. The number of hydrogen-bond donors (Lipinski definition) is 2. The molecule has 2 heterocycles. The summed E-state index contributed by atoms with van der Waals surface area (Å²) in [5, 5.41) is 6.54. The highest BCUT2D eigenvalue weighted by molar-refractivity contribution is 8.20. The number of nitrogens with zero attached hydrogens (tertiary/aromatic N) is 2. The molecule has 1 aromatic carbocycles. The first-order valence-corrected chi connectivity index (χ1v) is 11.2. The van der Waals surface area contributed by atoms with Crippen LogP contribution in [0.1, 0.15) is 24.3 Å². The number of aliphatic hydroxyl groups is 1. The molecule has 0 amide bonds. The molecule has 0 saturated carbocycles. The van der Waals surface area contributed by atoms with E-state index in [1.165, 1.54) is 10.6 Å². The van der Waals surface area contributed by atoms with Gasteiger partial charge in [0.15, 0.2) is 0 Å². The minimum atomic E-state index is -0.306. The Morgan fingerprint density at radius 2 is 2.11 bits per heavy atom. The van der Waals surface area contributed by atoms with Gasteiger partial charge < -0.3 is 14.7 Å². The summed E-state index contributed by atoms with van der Waals surface area (Å²) in [6.45, 7) is 9.57. The normalized spacial score (nSPS) is 15.7. The summed E-state index contributed by atoms with van der Waals surface area (Å²) >= 11 is 5.35. The van der Waals surface area contributed by atoms with Crippen LogP contribution in [0.5, 0.6) is 5.75 Å². The van der Waals surface area contributed by atoms with Crippen molar-refractivity contribution in [3.63, 3.8) is 0 Å². The lowest BCUT2D eigenvalue weighted by Gasteiger charge is -2.36. The van der Waals surface area contributed by atoms with Gasteiger partial charge in [0.05, 0.1) is 18.4 Å². The van der Waals surface area contributed by atoms with Crippen LogP contribution in [0.25, 0.3) is 0 Å². The first-order valence-electron chi connectivity index (χ1n) is 10.1. The molecule has 3 rings (SSSR count). The number of thiophene rings is 1. The number of hydrogen-bond acceptors (Lipinski definition) is 6. The number of aliphatic hydroxyl groups excluding tert-OH is 1. The van der Waals surface area contributed by atoms with Crippen LogP contribution >= 0.6 is 32.9 Å². The first kappa shape index (κ1) is 19.6. The molecule has 1 aromatic heterocycles. The molecule has 1 N–H and O–H groups in total. The molecule has 1 aliphatic rings. The van der Waals surface area contributed by atoms with Crippen LogP contribution in [0.3, 0.4) is 0 Å². The number of anilines is 1. The first-order chi connectivity index (χ1) is 13.9. The predicted molar refractivity (Wildman–Crippen MR) is 126 cm³/mol. The molecule has 1 saturated heterocycles. The van der Waals surface area contributed by atoms with E-state index in [-0.39, 0.29) is 12.3 Å². The number of para-hydroxylation sites is 2. The minimum Gasteiger partial charge on any atom is -0.489 e. The maximum absolute atomic E-state index is 6.84. The van der Waals surface area contributed by atoms with Gasteiger partial charge in [-0.3, -0.25) is 4.90 Å². The fraction of sp³-hybridized carbons (Fsp3) is 0.474. The van der Waals surface area contributed by atoms with E-state index < -0.39 is 0 Å². The zero-order chi connectivity index (χ0) is 21.2. The van der Waals surface area contributed by atoms with Crippen LogP contribution in [-0.2, 0) is 13.2 Å². The van der Waals surface area contributed by atoms with Gasteiger partial charge in [-0.25, -0.2) is 12.5 Å². The molecular formula is C19H30BN2O2PS2. The van der Waals surface area contributed by atoms with E-state index in [0.717, 1.165) is 44.0 Å². The lowest BCUT2D eigenvalue weighted by Crippen LogP contribution is -2.46. The number of piperazine rings is 1.